The summed E-state index contributed by atoms with van der Waals surface area (Å²) in [6, 6.07) is 3.98. The Kier molecular flexibility index (Phi) is 3.10. The van der Waals surface area contributed by atoms with Crippen LogP contribution in [0.4, 0.5) is 0 Å². The van der Waals surface area contributed by atoms with Gasteiger partial charge >= 0.3 is 0 Å². The lowest BCUT2D eigenvalue weighted by molar-refractivity contribution is 0.0570. The topological polar surface area (TPSA) is 45.7 Å². The van der Waals surface area contributed by atoms with Crippen LogP contribution in [0.1, 0.15) is 23.2 Å². The maximum atomic E-state index is 13.0. The SMILES string of the molecule is COc1ncccc1C(=O)N1CC2CC3CC1CN(C3)C2. The van der Waals surface area contributed by atoms with Gasteiger partial charge in [-0.05, 0) is 36.8 Å². The summed E-state index contributed by atoms with van der Waals surface area (Å²) in [7, 11) is 1.57. The minimum absolute atomic E-state index is 0.0827. The largest absolute Gasteiger partial charge is 0.480 e. The molecule has 0 saturated carbocycles. The molecule has 0 radical (unpaired) electrons. The number of rotatable bonds is 2. The summed E-state index contributed by atoms with van der Waals surface area (Å²) in [5.41, 5.74) is 0.594. The third kappa shape index (κ3) is 2.20. The summed E-state index contributed by atoms with van der Waals surface area (Å²) in [6.07, 6.45) is 4.10. The highest BCUT2D eigenvalue weighted by atomic mass is 16.5. The second kappa shape index (κ2) is 4.98. The van der Waals surface area contributed by atoms with Crippen molar-refractivity contribution >= 4 is 5.91 Å². The van der Waals surface area contributed by atoms with Crippen molar-refractivity contribution in [2.45, 2.75) is 18.9 Å². The lowest BCUT2D eigenvalue weighted by Gasteiger charge is -2.41. The van der Waals surface area contributed by atoms with Crippen molar-refractivity contribution in [2.24, 2.45) is 11.8 Å². The molecule has 0 aliphatic carbocycles. The van der Waals surface area contributed by atoms with Crippen molar-refractivity contribution in [2.75, 3.05) is 33.3 Å². The molecule has 4 aliphatic heterocycles. The van der Waals surface area contributed by atoms with Crippen molar-refractivity contribution in [3.05, 3.63) is 23.9 Å². The van der Waals surface area contributed by atoms with Crippen LogP contribution in [0.5, 0.6) is 5.88 Å². The molecule has 1 aromatic rings. The maximum absolute atomic E-state index is 13.0. The molecule has 5 nitrogen and oxygen atoms in total. The van der Waals surface area contributed by atoms with E-state index in [2.05, 4.69) is 14.8 Å². The monoisotopic (exact) mass is 287 g/mol. The minimum atomic E-state index is 0.0827. The number of amides is 1. The molecule has 4 saturated heterocycles. The fourth-order valence-corrected chi connectivity index (χ4v) is 4.41. The van der Waals surface area contributed by atoms with Gasteiger partial charge in [0.1, 0.15) is 5.56 Å². The quantitative estimate of drug-likeness (QED) is 0.821. The summed E-state index contributed by atoms with van der Waals surface area (Å²) < 4.78 is 5.26. The Balaban J connectivity index is 1.65. The number of carbonyl (C=O) groups is 1. The molecule has 4 fully saturated rings. The molecule has 0 spiro atoms. The van der Waals surface area contributed by atoms with Gasteiger partial charge in [-0.3, -0.25) is 4.79 Å². The Hall–Kier alpha value is -1.62. The van der Waals surface area contributed by atoms with Crippen LogP contribution in [0.25, 0.3) is 0 Å². The van der Waals surface area contributed by atoms with E-state index in [1.54, 1.807) is 19.4 Å². The average molecular weight is 287 g/mol. The number of fused-ring (bicyclic) bond motifs is 1. The first-order chi connectivity index (χ1) is 10.2. The number of hydrogen-bond donors (Lipinski definition) is 0. The molecular formula is C16H21N3O2. The Morgan fingerprint density at radius 1 is 1.24 bits per heavy atom. The number of methoxy groups -OCH3 is 1. The Bertz CT molecular complexity index is 548. The van der Waals surface area contributed by atoms with Crippen LogP contribution in [0.15, 0.2) is 18.3 Å². The van der Waals surface area contributed by atoms with E-state index in [0.717, 1.165) is 32.0 Å². The van der Waals surface area contributed by atoms with Crippen LogP contribution in [-0.4, -0.2) is 60.0 Å². The third-order valence-electron chi connectivity index (χ3n) is 5.13. The number of ether oxygens (including phenoxy) is 1. The number of aromatic nitrogens is 1. The van der Waals surface area contributed by atoms with E-state index in [1.165, 1.54) is 13.0 Å². The van der Waals surface area contributed by atoms with E-state index in [4.69, 9.17) is 4.74 Å². The Morgan fingerprint density at radius 3 is 2.90 bits per heavy atom. The van der Waals surface area contributed by atoms with Gasteiger partial charge in [0.2, 0.25) is 5.88 Å². The number of pyridine rings is 1. The van der Waals surface area contributed by atoms with E-state index < -0.39 is 0 Å². The molecule has 1 aromatic heterocycles. The molecule has 4 bridgehead atoms. The van der Waals surface area contributed by atoms with Gasteiger partial charge in [-0.2, -0.15) is 0 Å². The Labute approximate surface area is 124 Å². The fourth-order valence-electron chi connectivity index (χ4n) is 4.41. The lowest BCUT2D eigenvalue weighted by atomic mass is 9.84. The van der Waals surface area contributed by atoms with Gasteiger partial charge in [-0.25, -0.2) is 4.98 Å². The van der Waals surface area contributed by atoms with Crippen LogP contribution >= 0.6 is 0 Å². The van der Waals surface area contributed by atoms with Gasteiger partial charge in [0, 0.05) is 38.4 Å². The minimum Gasteiger partial charge on any atom is -0.480 e. The van der Waals surface area contributed by atoms with Crippen LogP contribution in [-0.2, 0) is 0 Å². The molecule has 0 N–H and O–H groups in total. The zero-order valence-electron chi connectivity index (χ0n) is 12.4. The first kappa shape index (κ1) is 13.1. The summed E-state index contributed by atoms with van der Waals surface area (Å²) in [6.45, 7) is 4.29. The smallest absolute Gasteiger partial charge is 0.259 e. The van der Waals surface area contributed by atoms with Gasteiger partial charge in [0.15, 0.2) is 0 Å². The Morgan fingerprint density at radius 2 is 2.10 bits per heavy atom. The molecule has 5 rings (SSSR count). The molecule has 4 unspecified atom stereocenters. The highest BCUT2D eigenvalue weighted by Gasteiger charge is 2.43. The number of piperidine rings is 2. The van der Waals surface area contributed by atoms with Gasteiger partial charge in [-0.1, -0.05) is 0 Å². The van der Waals surface area contributed by atoms with E-state index in [9.17, 15) is 4.79 Å². The normalized spacial score (nSPS) is 33.9. The predicted octanol–water partition coefficient (Wildman–Crippen LogP) is 1.26. The molecule has 4 atom stereocenters. The first-order valence-corrected chi connectivity index (χ1v) is 7.77. The van der Waals surface area contributed by atoms with Crippen LogP contribution in [0, 0.1) is 11.8 Å². The molecule has 5 heterocycles. The van der Waals surface area contributed by atoms with Crippen LogP contribution in [0.2, 0.25) is 0 Å². The molecule has 5 heteroatoms. The summed E-state index contributed by atoms with van der Waals surface area (Å²) >= 11 is 0. The molecule has 112 valence electrons. The van der Waals surface area contributed by atoms with Gasteiger partial charge in [-0.15, -0.1) is 0 Å². The molecular weight excluding hydrogens is 266 g/mol. The van der Waals surface area contributed by atoms with Crippen molar-refractivity contribution < 1.29 is 9.53 Å². The zero-order chi connectivity index (χ0) is 14.4. The first-order valence-electron chi connectivity index (χ1n) is 7.77. The predicted molar refractivity (Wildman–Crippen MR) is 78.3 cm³/mol. The summed E-state index contributed by atoms with van der Waals surface area (Å²) in [5.74, 6) is 1.92. The highest BCUT2D eigenvalue weighted by Crippen LogP contribution is 2.37. The van der Waals surface area contributed by atoms with Crippen molar-refractivity contribution in [3.63, 3.8) is 0 Å². The van der Waals surface area contributed by atoms with Crippen molar-refractivity contribution in [1.29, 1.82) is 0 Å². The number of nitrogens with zero attached hydrogens (tertiary/aromatic N) is 3. The van der Waals surface area contributed by atoms with Crippen molar-refractivity contribution in [3.8, 4) is 5.88 Å². The second-order valence-electron chi connectivity index (χ2n) is 6.59. The number of carbonyl (C=O) groups excluding carboxylic acids is 1. The van der Waals surface area contributed by atoms with E-state index in [0.29, 0.717) is 23.4 Å². The third-order valence-corrected chi connectivity index (χ3v) is 5.13. The van der Waals surface area contributed by atoms with Gasteiger partial charge in [0.05, 0.1) is 7.11 Å². The van der Waals surface area contributed by atoms with Crippen LogP contribution in [0.3, 0.4) is 0 Å². The fraction of sp³-hybridized carbons (Fsp3) is 0.625. The average Bonchev–Trinajstić information content (AvgIpc) is 2.70. The standard InChI is InChI=1S/C16H21N3O2/c1-21-15-14(3-2-4-17-15)16(20)19-9-12-5-11-6-13(19)10-18(7-11)8-12/h2-4,11-13H,5-10H2,1H3. The summed E-state index contributed by atoms with van der Waals surface area (Å²) in [5, 5.41) is 0. The summed E-state index contributed by atoms with van der Waals surface area (Å²) in [4.78, 5) is 21.8. The van der Waals surface area contributed by atoms with E-state index in [-0.39, 0.29) is 5.91 Å². The molecule has 4 aliphatic rings. The second-order valence-corrected chi connectivity index (χ2v) is 6.59. The maximum Gasteiger partial charge on any atom is 0.259 e. The molecule has 1 amide bonds. The van der Waals surface area contributed by atoms with E-state index >= 15 is 0 Å². The lowest BCUT2D eigenvalue weighted by Crippen LogP contribution is -2.50. The number of hydrogen-bond acceptors (Lipinski definition) is 4. The van der Waals surface area contributed by atoms with E-state index in [1.807, 2.05) is 6.07 Å². The highest BCUT2D eigenvalue weighted by molar-refractivity contribution is 5.96. The molecule has 0 aromatic carbocycles. The molecule has 21 heavy (non-hydrogen) atoms. The van der Waals surface area contributed by atoms with Crippen LogP contribution < -0.4 is 4.74 Å². The van der Waals surface area contributed by atoms with Crippen molar-refractivity contribution in [1.82, 2.24) is 14.8 Å². The zero-order valence-corrected chi connectivity index (χ0v) is 12.4. The van der Waals surface area contributed by atoms with Gasteiger partial charge in [0.25, 0.3) is 5.91 Å². The van der Waals surface area contributed by atoms with Gasteiger partial charge < -0.3 is 14.5 Å².